The van der Waals surface area contributed by atoms with Crippen LogP contribution in [0.3, 0.4) is 0 Å². The van der Waals surface area contributed by atoms with Gasteiger partial charge in [-0.25, -0.2) is 5.43 Å². The van der Waals surface area contributed by atoms with Gasteiger partial charge in [-0.15, -0.1) is 5.10 Å². The monoisotopic (exact) mass is 246 g/mol. The van der Waals surface area contributed by atoms with E-state index in [0.717, 1.165) is 22.4 Å². The number of nitrogens with two attached hydrogens (primary N) is 1. The first kappa shape index (κ1) is 10.4. The van der Waals surface area contributed by atoms with Crippen LogP contribution >= 0.6 is 11.5 Å². The topological polar surface area (TPSA) is 77.0 Å². The first-order chi connectivity index (χ1) is 8.38. The smallest absolute Gasteiger partial charge is 0.134 e. The summed E-state index contributed by atoms with van der Waals surface area (Å²) >= 11 is 1.29. The molecular weight excluding hydrogens is 236 g/mol. The van der Waals surface area contributed by atoms with E-state index >= 15 is 0 Å². The molecule has 0 aliphatic carbocycles. The van der Waals surface area contributed by atoms with E-state index < -0.39 is 0 Å². The molecule has 2 aromatic heterocycles. The van der Waals surface area contributed by atoms with Crippen molar-refractivity contribution in [3.63, 3.8) is 0 Å². The third-order valence-electron chi connectivity index (χ3n) is 2.57. The van der Waals surface area contributed by atoms with Gasteiger partial charge in [0.1, 0.15) is 23.1 Å². The van der Waals surface area contributed by atoms with Gasteiger partial charge >= 0.3 is 0 Å². The van der Waals surface area contributed by atoms with E-state index in [4.69, 9.17) is 10.3 Å². The molecule has 5 nitrogen and oxygen atoms in total. The van der Waals surface area contributed by atoms with Crippen molar-refractivity contribution < 1.29 is 4.42 Å². The zero-order valence-electron chi connectivity index (χ0n) is 8.83. The number of hydrogen-bond acceptors (Lipinski definition) is 6. The largest absolute Gasteiger partial charge is 0.459 e. The van der Waals surface area contributed by atoms with Gasteiger partial charge in [0.15, 0.2) is 0 Å². The second-order valence-corrected chi connectivity index (χ2v) is 4.23. The van der Waals surface area contributed by atoms with Gasteiger partial charge in [0, 0.05) is 10.8 Å². The van der Waals surface area contributed by atoms with Gasteiger partial charge in [-0.3, -0.25) is 5.84 Å². The van der Waals surface area contributed by atoms with Gasteiger partial charge in [-0.05, 0) is 23.7 Å². The maximum Gasteiger partial charge on any atom is 0.134 e. The van der Waals surface area contributed by atoms with Crippen molar-refractivity contribution in [2.24, 2.45) is 5.84 Å². The Bertz CT molecular complexity index is 586. The quantitative estimate of drug-likeness (QED) is 0.544. The Morgan fingerprint density at radius 3 is 2.94 bits per heavy atom. The number of nitrogens with one attached hydrogen (secondary N) is 1. The van der Waals surface area contributed by atoms with Crippen molar-refractivity contribution in [1.29, 1.82) is 0 Å². The van der Waals surface area contributed by atoms with Gasteiger partial charge in [0.2, 0.25) is 0 Å². The van der Waals surface area contributed by atoms with Crippen LogP contribution in [0.25, 0.3) is 11.0 Å². The summed E-state index contributed by atoms with van der Waals surface area (Å²) in [5.74, 6) is 6.28. The molecule has 3 aromatic rings. The number of rotatable bonds is 3. The van der Waals surface area contributed by atoms with Crippen LogP contribution in [0.4, 0.5) is 0 Å². The molecule has 0 spiro atoms. The normalized spacial score (nSPS) is 13.0. The standard InChI is InChI=1S/C11H10N4OS/c12-13-11(8-6-17-15-14-8)10-5-7-3-1-2-4-9(7)16-10/h1-6,11,13H,12H2. The fourth-order valence-corrected chi connectivity index (χ4v) is 2.24. The van der Waals surface area contributed by atoms with Crippen molar-refractivity contribution in [3.8, 4) is 0 Å². The first-order valence-corrected chi connectivity index (χ1v) is 5.93. The van der Waals surface area contributed by atoms with Crippen LogP contribution in [0.2, 0.25) is 0 Å². The van der Waals surface area contributed by atoms with Crippen LogP contribution in [0.15, 0.2) is 40.1 Å². The highest BCUT2D eigenvalue weighted by Crippen LogP contribution is 2.26. The molecular formula is C11H10N4OS. The van der Waals surface area contributed by atoms with Crippen molar-refractivity contribution >= 4 is 22.5 Å². The number of fused-ring (bicyclic) bond motifs is 1. The molecule has 86 valence electrons. The zero-order valence-corrected chi connectivity index (χ0v) is 9.65. The van der Waals surface area contributed by atoms with Crippen LogP contribution in [-0.2, 0) is 0 Å². The van der Waals surface area contributed by atoms with Crippen molar-refractivity contribution in [3.05, 3.63) is 47.2 Å². The van der Waals surface area contributed by atoms with Crippen LogP contribution < -0.4 is 11.3 Å². The third kappa shape index (κ3) is 1.82. The summed E-state index contributed by atoms with van der Waals surface area (Å²) < 4.78 is 9.56. The maximum absolute atomic E-state index is 5.74. The summed E-state index contributed by atoms with van der Waals surface area (Å²) in [5.41, 5.74) is 4.29. The Kier molecular flexibility index (Phi) is 2.60. The van der Waals surface area contributed by atoms with Crippen LogP contribution in [0.5, 0.6) is 0 Å². The molecule has 3 N–H and O–H groups in total. The molecule has 2 heterocycles. The number of hydrazine groups is 1. The number of para-hydroxylation sites is 1. The number of furan rings is 1. The molecule has 0 bridgehead atoms. The predicted molar refractivity (Wildman–Crippen MR) is 65.3 cm³/mol. The number of benzene rings is 1. The van der Waals surface area contributed by atoms with Crippen LogP contribution in [0, 0.1) is 0 Å². The molecule has 0 amide bonds. The van der Waals surface area contributed by atoms with Gasteiger partial charge in [0.25, 0.3) is 0 Å². The van der Waals surface area contributed by atoms with E-state index in [1.54, 1.807) is 0 Å². The molecule has 3 rings (SSSR count). The molecule has 6 heteroatoms. The summed E-state index contributed by atoms with van der Waals surface area (Å²) in [5, 5.41) is 6.89. The highest BCUT2D eigenvalue weighted by Gasteiger charge is 2.19. The Morgan fingerprint density at radius 2 is 2.24 bits per heavy atom. The lowest BCUT2D eigenvalue weighted by Gasteiger charge is -2.08. The summed E-state index contributed by atoms with van der Waals surface area (Å²) in [6, 6.07) is 9.52. The number of nitrogens with zero attached hydrogens (tertiary/aromatic N) is 2. The Labute approximate surface area is 101 Å². The lowest BCUT2D eigenvalue weighted by molar-refractivity contribution is 0.471. The SMILES string of the molecule is NNC(c1csnn1)c1cc2ccccc2o1. The molecule has 1 aromatic carbocycles. The fraction of sp³-hybridized carbons (Fsp3) is 0.0909. The lowest BCUT2D eigenvalue weighted by Crippen LogP contribution is -2.28. The molecule has 0 aliphatic rings. The summed E-state index contributed by atoms with van der Waals surface area (Å²) in [6.45, 7) is 0. The summed E-state index contributed by atoms with van der Waals surface area (Å²) in [7, 11) is 0. The van der Waals surface area contributed by atoms with Crippen molar-refractivity contribution in [2.75, 3.05) is 0 Å². The molecule has 17 heavy (non-hydrogen) atoms. The van der Waals surface area contributed by atoms with Gasteiger partial charge in [0.05, 0.1) is 0 Å². The van der Waals surface area contributed by atoms with E-state index in [9.17, 15) is 0 Å². The molecule has 0 radical (unpaired) electrons. The average molecular weight is 246 g/mol. The lowest BCUT2D eigenvalue weighted by atomic mass is 10.1. The molecule has 0 saturated carbocycles. The fourth-order valence-electron chi connectivity index (χ4n) is 1.76. The highest BCUT2D eigenvalue weighted by atomic mass is 32.1. The molecule has 1 unspecified atom stereocenters. The number of hydrogen-bond donors (Lipinski definition) is 2. The predicted octanol–water partition coefficient (Wildman–Crippen LogP) is 1.84. The van der Waals surface area contributed by atoms with Crippen LogP contribution in [0.1, 0.15) is 17.5 Å². The minimum Gasteiger partial charge on any atom is -0.459 e. The van der Waals surface area contributed by atoms with E-state index in [2.05, 4.69) is 15.0 Å². The van der Waals surface area contributed by atoms with Crippen molar-refractivity contribution in [1.82, 2.24) is 15.0 Å². The Morgan fingerprint density at radius 1 is 1.35 bits per heavy atom. The van der Waals surface area contributed by atoms with Gasteiger partial charge < -0.3 is 4.42 Å². The second-order valence-electron chi connectivity index (χ2n) is 3.62. The van der Waals surface area contributed by atoms with Gasteiger partial charge in [-0.2, -0.15) is 0 Å². The highest BCUT2D eigenvalue weighted by molar-refractivity contribution is 7.03. The minimum absolute atomic E-state index is 0.263. The molecule has 0 aliphatic heterocycles. The van der Waals surface area contributed by atoms with E-state index in [1.807, 2.05) is 35.7 Å². The van der Waals surface area contributed by atoms with E-state index in [-0.39, 0.29) is 6.04 Å². The van der Waals surface area contributed by atoms with Crippen LogP contribution in [-0.4, -0.2) is 9.59 Å². The molecule has 1 atom stereocenters. The minimum atomic E-state index is -0.263. The molecule has 0 fully saturated rings. The van der Waals surface area contributed by atoms with Gasteiger partial charge in [-0.1, -0.05) is 22.7 Å². The van der Waals surface area contributed by atoms with Crippen molar-refractivity contribution in [2.45, 2.75) is 6.04 Å². The summed E-state index contributed by atoms with van der Waals surface area (Å²) in [4.78, 5) is 0. The Hall–Kier alpha value is -1.76. The maximum atomic E-state index is 5.74. The molecule has 0 saturated heterocycles. The first-order valence-electron chi connectivity index (χ1n) is 5.10. The Balaban J connectivity index is 2.07. The summed E-state index contributed by atoms with van der Waals surface area (Å²) in [6.07, 6.45) is 0. The third-order valence-corrected chi connectivity index (χ3v) is 3.09. The van der Waals surface area contributed by atoms with E-state index in [0.29, 0.717) is 0 Å². The number of aromatic nitrogens is 2. The second kappa shape index (κ2) is 4.25. The van der Waals surface area contributed by atoms with E-state index in [1.165, 1.54) is 11.5 Å². The average Bonchev–Trinajstić information content (AvgIpc) is 2.98. The zero-order chi connectivity index (χ0) is 11.7.